The molecule has 0 rings (SSSR count). The lowest BCUT2D eigenvalue weighted by Crippen LogP contribution is -1.97. The van der Waals surface area contributed by atoms with Crippen molar-refractivity contribution >= 4 is 12.4 Å². The summed E-state index contributed by atoms with van der Waals surface area (Å²) in [4.78, 5) is 2.67. The van der Waals surface area contributed by atoms with Gasteiger partial charge < -0.3 is 5.73 Å². The molecule has 0 atom stereocenters. The van der Waals surface area contributed by atoms with Gasteiger partial charge in [0.25, 0.3) is 0 Å². The first kappa shape index (κ1) is 14.1. The molecule has 12 heavy (non-hydrogen) atoms. The SMILES string of the molecule is Cl.[N-]=[N+]=NCCCCCCCN. The molecule has 2 N–H and O–H groups in total. The van der Waals surface area contributed by atoms with E-state index in [1.54, 1.807) is 0 Å². The van der Waals surface area contributed by atoms with Crippen molar-refractivity contribution in [2.24, 2.45) is 10.8 Å². The topological polar surface area (TPSA) is 74.8 Å². The minimum Gasteiger partial charge on any atom is -0.330 e. The summed E-state index contributed by atoms with van der Waals surface area (Å²) in [5, 5.41) is 3.45. The molecule has 0 saturated heterocycles. The van der Waals surface area contributed by atoms with Crippen molar-refractivity contribution in [3.05, 3.63) is 10.4 Å². The van der Waals surface area contributed by atoms with Gasteiger partial charge in [-0.05, 0) is 24.9 Å². The highest BCUT2D eigenvalue weighted by Crippen LogP contribution is 2.01. The van der Waals surface area contributed by atoms with Crippen LogP contribution in [0, 0.1) is 0 Å². The first-order valence-electron chi connectivity index (χ1n) is 4.12. The molecule has 0 fully saturated rings. The summed E-state index contributed by atoms with van der Waals surface area (Å²) in [6, 6.07) is 0. The number of nitrogens with zero attached hydrogens (tertiary/aromatic N) is 3. The third kappa shape index (κ3) is 12.3. The van der Waals surface area contributed by atoms with Crippen molar-refractivity contribution in [3.63, 3.8) is 0 Å². The molecule has 0 radical (unpaired) electrons. The van der Waals surface area contributed by atoms with Crippen LogP contribution in [0.25, 0.3) is 10.4 Å². The second kappa shape index (κ2) is 13.2. The predicted molar refractivity (Wildman–Crippen MR) is 53.4 cm³/mol. The highest BCUT2D eigenvalue weighted by molar-refractivity contribution is 5.85. The van der Waals surface area contributed by atoms with Crippen LogP contribution in [0.15, 0.2) is 5.11 Å². The fourth-order valence-corrected chi connectivity index (χ4v) is 0.902. The third-order valence-electron chi connectivity index (χ3n) is 1.53. The Morgan fingerprint density at radius 1 is 1.08 bits per heavy atom. The zero-order chi connectivity index (χ0) is 8.36. The van der Waals surface area contributed by atoms with E-state index in [0.717, 1.165) is 25.8 Å². The van der Waals surface area contributed by atoms with Gasteiger partial charge in [0.05, 0.1) is 0 Å². The Labute approximate surface area is 79.6 Å². The molecule has 0 bridgehead atoms. The zero-order valence-corrected chi connectivity index (χ0v) is 8.09. The van der Waals surface area contributed by atoms with Crippen molar-refractivity contribution in [3.8, 4) is 0 Å². The normalized spacial score (nSPS) is 8.42. The molecule has 0 aliphatic rings. The number of rotatable bonds is 7. The molecule has 0 aromatic heterocycles. The smallest absolute Gasteiger partial charge is 0.0257 e. The summed E-state index contributed by atoms with van der Waals surface area (Å²) in [5.74, 6) is 0. The first-order chi connectivity index (χ1) is 5.41. The Morgan fingerprint density at radius 2 is 1.67 bits per heavy atom. The van der Waals surface area contributed by atoms with Crippen molar-refractivity contribution in [2.45, 2.75) is 32.1 Å². The van der Waals surface area contributed by atoms with Gasteiger partial charge in [0, 0.05) is 11.5 Å². The predicted octanol–water partition coefficient (Wildman–Crippen LogP) is 2.63. The van der Waals surface area contributed by atoms with E-state index < -0.39 is 0 Å². The van der Waals surface area contributed by atoms with Crippen LogP contribution < -0.4 is 5.73 Å². The maximum atomic E-state index is 7.95. The maximum absolute atomic E-state index is 7.95. The molecule has 0 aliphatic heterocycles. The number of halogens is 1. The maximum Gasteiger partial charge on any atom is 0.0257 e. The van der Waals surface area contributed by atoms with Gasteiger partial charge >= 0.3 is 0 Å². The lowest BCUT2D eigenvalue weighted by atomic mass is 10.1. The van der Waals surface area contributed by atoms with Crippen LogP contribution in [0.1, 0.15) is 32.1 Å². The molecular weight excluding hydrogens is 176 g/mol. The molecule has 4 nitrogen and oxygen atoms in total. The molecule has 5 heteroatoms. The quantitative estimate of drug-likeness (QED) is 0.286. The van der Waals surface area contributed by atoms with Gasteiger partial charge in [0.1, 0.15) is 0 Å². The average molecular weight is 193 g/mol. The second-order valence-corrected chi connectivity index (χ2v) is 2.51. The largest absolute Gasteiger partial charge is 0.330 e. The average Bonchev–Trinajstić information content (AvgIpc) is 2.03. The fraction of sp³-hybridized carbons (Fsp3) is 1.00. The van der Waals surface area contributed by atoms with E-state index >= 15 is 0 Å². The summed E-state index contributed by atoms with van der Waals surface area (Å²) in [5.41, 5.74) is 13.3. The van der Waals surface area contributed by atoms with Gasteiger partial charge in [-0.1, -0.05) is 24.4 Å². The number of hydrogen-bond acceptors (Lipinski definition) is 2. The van der Waals surface area contributed by atoms with E-state index in [9.17, 15) is 0 Å². The van der Waals surface area contributed by atoms with Crippen molar-refractivity contribution in [1.29, 1.82) is 0 Å². The monoisotopic (exact) mass is 192 g/mol. The van der Waals surface area contributed by atoms with Crippen LogP contribution in [0.3, 0.4) is 0 Å². The van der Waals surface area contributed by atoms with Gasteiger partial charge in [0.15, 0.2) is 0 Å². The summed E-state index contributed by atoms with van der Waals surface area (Å²) < 4.78 is 0. The number of nitrogens with two attached hydrogens (primary N) is 1. The van der Waals surface area contributed by atoms with Gasteiger partial charge in [-0.15, -0.1) is 12.4 Å². The molecule has 0 saturated carbocycles. The number of azide groups is 1. The summed E-state index contributed by atoms with van der Waals surface area (Å²) >= 11 is 0. The van der Waals surface area contributed by atoms with Crippen molar-refractivity contribution in [1.82, 2.24) is 0 Å². The van der Waals surface area contributed by atoms with Crippen molar-refractivity contribution < 1.29 is 0 Å². The minimum atomic E-state index is 0. The van der Waals surface area contributed by atoms with Crippen LogP contribution in [0.4, 0.5) is 0 Å². The number of hydrogen-bond donors (Lipinski definition) is 1. The zero-order valence-electron chi connectivity index (χ0n) is 7.28. The van der Waals surface area contributed by atoms with Gasteiger partial charge in [-0.25, -0.2) is 0 Å². The van der Waals surface area contributed by atoms with Crippen LogP contribution in [-0.4, -0.2) is 13.1 Å². The van der Waals surface area contributed by atoms with Crippen LogP contribution in [0.2, 0.25) is 0 Å². The minimum absolute atomic E-state index is 0. The summed E-state index contributed by atoms with van der Waals surface area (Å²) in [6.45, 7) is 1.43. The van der Waals surface area contributed by atoms with Gasteiger partial charge in [-0.3, -0.25) is 0 Å². The highest BCUT2D eigenvalue weighted by atomic mass is 35.5. The molecule has 0 aromatic rings. The Hall–Kier alpha value is -0.440. The van der Waals surface area contributed by atoms with E-state index in [-0.39, 0.29) is 12.4 Å². The Morgan fingerprint density at radius 3 is 2.25 bits per heavy atom. The molecule has 0 amide bonds. The molecular formula is C7H17ClN4. The van der Waals surface area contributed by atoms with Crippen LogP contribution >= 0.6 is 12.4 Å². The molecule has 0 unspecified atom stereocenters. The fourth-order valence-electron chi connectivity index (χ4n) is 0.902. The Kier molecular flexibility index (Phi) is 15.5. The van der Waals surface area contributed by atoms with Crippen LogP contribution in [0.5, 0.6) is 0 Å². The van der Waals surface area contributed by atoms with Gasteiger partial charge in [-0.2, -0.15) is 0 Å². The third-order valence-corrected chi connectivity index (χ3v) is 1.53. The number of unbranched alkanes of at least 4 members (excludes halogenated alkanes) is 4. The van der Waals surface area contributed by atoms with E-state index in [1.807, 2.05) is 0 Å². The highest BCUT2D eigenvalue weighted by Gasteiger charge is 1.87. The van der Waals surface area contributed by atoms with E-state index in [2.05, 4.69) is 10.0 Å². The summed E-state index contributed by atoms with van der Waals surface area (Å²) in [7, 11) is 0. The first-order valence-corrected chi connectivity index (χ1v) is 4.12. The summed E-state index contributed by atoms with van der Waals surface area (Å²) in [6.07, 6.45) is 5.68. The lowest BCUT2D eigenvalue weighted by Gasteiger charge is -1.96. The molecule has 72 valence electrons. The van der Waals surface area contributed by atoms with Crippen LogP contribution in [-0.2, 0) is 0 Å². The molecule has 0 spiro atoms. The van der Waals surface area contributed by atoms with E-state index in [1.165, 1.54) is 12.8 Å². The molecule has 0 heterocycles. The van der Waals surface area contributed by atoms with E-state index in [0.29, 0.717) is 6.54 Å². The van der Waals surface area contributed by atoms with E-state index in [4.69, 9.17) is 11.3 Å². The lowest BCUT2D eigenvalue weighted by molar-refractivity contribution is 0.622. The van der Waals surface area contributed by atoms with Crippen molar-refractivity contribution in [2.75, 3.05) is 13.1 Å². The standard InChI is InChI=1S/C7H16N4.ClH/c8-6-4-2-1-3-5-7-10-11-9;/h1-8H2;1H. The molecule has 0 aliphatic carbocycles. The second-order valence-electron chi connectivity index (χ2n) is 2.51. The Balaban J connectivity index is 0. The molecule has 0 aromatic carbocycles. The van der Waals surface area contributed by atoms with Gasteiger partial charge in [0.2, 0.25) is 0 Å². The Bertz CT molecular complexity index is 123.